The van der Waals surface area contributed by atoms with Gasteiger partial charge in [0, 0.05) is 43.2 Å². The van der Waals surface area contributed by atoms with Crippen LogP contribution in [0.3, 0.4) is 0 Å². The summed E-state index contributed by atoms with van der Waals surface area (Å²) >= 11 is 0. The van der Waals surface area contributed by atoms with E-state index in [1.807, 2.05) is 24.3 Å². The van der Waals surface area contributed by atoms with E-state index in [-0.39, 0.29) is 11.7 Å². The molecule has 1 aliphatic rings. The fourth-order valence-electron chi connectivity index (χ4n) is 3.86. The van der Waals surface area contributed by atoms with Gasteiger partial charge in [-0.05, 0) is 35.4 Å². The normalized spacial score (nSPS) is 16.4. The van der Waals surface area contributed by atoms with Crippen LogP contribution in [-0.2, 0) is 11.8 Å². The minimum atomic E-state index is -0.123. The van der Waals surface area contributed by atoms with E-state index in [0.717, 1.165) is 22.3 Å². The van der Waals surface area contributed by atoms with Crippen molar-refractivity contribution in [3.8, 4) is 22.4 Å². The summed E-state index contributed by atoms with van der Waals surface area (Å²) in [6.07, 6.45) is 6.68. The summed E-state index contributed by atoms with van der Waals surface area (Å²) in [5, 5.41) is 0. The van der Waals surface area contributed by atoms with Crippen molar-refractivity contribution in [2.24, 2.45) is 7.05 Å². The maximum Gasteiger partial charge on any atom is 0.255 e. The molecule has 0 spiro atoms. The molecule has 31 heavy (non-hydrogen) atoms. The van der Waals surface area contributed by atoms with Crippen LogP contribution in [0.15, 0.2) is 82.7 Å². The zero-order valence-electron chi connectivity index (χ0n) is 17.1. The van der Waals surface area contributed by atoms with Crippen LogP contribution >= 0.6 is 0 Å². The van der Waals surface area contributed by atoms with E-state index in [1.54, 1.807) is 42.6 Å². The summed E-state index contributed by atoms with van der Waals surface area (Å²) in [5.41, 5.74) is 4.61. The number of rotatable bonds is 4. The Hall–Kier alpha value is -3.71. The van der Waals surface area contributed by atoms with Crippen LogP contribution in [0.5, 0.6) is 0 Å². The van der Waals surface area contributed by atoms with Crippen LogP contribution in [0.4, 0.5) is 5.95 Å². The number of nitrogens with zero attached hydrogens (tertiary/aromatic N) is 4. The Morgan fingerprint density at radius 2 is 1.90 bits per heavy atom. The highest BCUT2D eigenvalue weighted by Crippen LogP contribution is 2.29. The molecule has 3 aromatic heterocycles. The first-order chi connectivity index (χ1) is 15.2. The molecule has 1 aliphatic heterocycles. The summed E-state index contributed by atoms with van der Waals surface area (Å²) in [7, 11) is 1.75. The van der Waals surface area contributed by atoms with E-state index in [2.05, 4.69) is 28.1 Å². The Morgan fingerprint density at radius 3 is 2.71 bits per heavy atom. The molecule has 1 unspecified atom stereocenters. The van der Waals surface area contributed by atoms with Crippen molar-refractivity contribution < 1.29 is 9.15 Å². The smallest absolute Gasteiger partial charge is 0.255 e. The van der Waals surface area contributed by atoms with Crippen molar-refractivity contribution in [3.63, 3.8) is 0 Å². The zero-order valence-corrected chi connectivity index (χ0v) is 17.1. The van der Waals surface area contributed by atoms with E-state index in [1.165, 1.54) is 0 Å². The molecule has 4 aromatic rings. The molecule has 156 valence electrons. The maximum atomic E-state index is 12.6. The van der Waals surface area contributed by atoms with Crippen LogP contribution in [-0.4, -0.2) is 34.2 Å². The summed E-state index contributed by atoms with van der Waals surface area (Å²) in [4.78, 5) is 23.6. The second-order valence-corrected chi connectivity index (χ2v) is 7.52. The predicted octanol–water partition coefficient (Wildman–Crippen LogP) is 3.68. The molecule has 0 N–H and O–H groups in total. The highest BCUT2D eigenvalue weighted by atomic mass is 16.5. The molecule has 5 rings (SSSR count). The first-order valence-electron chi connectivity index (χ1n) is 10.2. The van der Waals surface area contributed by atoms with Crippen molar-refractivity contribution >= 4 is 5.95 Å². The molecular weight excluding hydrogens is 392 g/mol. The van der Waals surface area contributed by atoms with E-state index < -0.39 is 0 Å². The number of furan rings is 1. The SMILES string of the molecule is Cn1c(N2CCOC(c3cccc(-c4ccoc4)c3)C2)nc(-c2ccncc2)cc1=O. The van der Waals surface area contributed by atoms with Gasteiger partial charge in [-0.25, -0.2) is 4.98 Å². The third kappa shape index (κ3) is 3.87. The standard InChI is InChI=1S/C24H22N4O3/c1-27-23(29)14-21(17-5-8-25-9-6-17)26-24(27)28-10-12-31-22(15-28)19-4-2-3-18(13-19)20-7-11-30-16-20/h2-9,11,13-14,16,22H,10,12,15H2,1H3. The zero-order chi connectivity index (χ0) is 21.2. The van der Waals surface area contributed by atoms with Crippen molar-refractivity contribution in [3.05, 3.63) is 89.4 Å². The van der Waals surface area contributed by atoms with Crippen LogP contribution in [0.1, 0.15) is 11.7 Å². The lowest BCUT2D eigenvalue weighted by molar-refractivity contribution is 0.0390. The lowest BCUT2D eigenvalue weighted by Gasteiger charge is -2.34. The van der Waals surface area contributed by atoms with Gasteiger partial charge in [-0.1, -0.05) is 18.2 Å². The molecule has 7 heteroatoms. The molecule has 0 amide bonds. The average Bonchev–Trinajstić information content (AvgIpc) is 3.37. The van der Waals surface area contributed by atoms with Gasteiger partial charge in [0.2, 0.25) is 5.95 Å². The van der Waals surface area contributed by atoms with Crippen LogP contribution in [0.2, 0.25) is 0 Å². The van der Waals surface area contributed by atoms with Crippen molar-refractivity contribution in [1.82, 2.24) is 14.5 Å². The second kappa shape index (κ2) is 8.20. The second-order valence-electron chi connectivity index (χ2n) is 7.52. The number of ether oxygens (including phenoxy) is 1. The lowest BCUT2D eigenvalue weighted by atomic mass is 10.0. The Labute approximate surface area is 179 Å². The maximum absolute atomic E-state index is 12.6. The van der Waals surface area contributed by atoms with Gasteiger partial charge in [-0.2, -0.15) is 0 Å². The quantitative estimate of drug-likeness (QED) is 0.507. The number of pyridine rings is 1. The van der Waals surface area contributed by atoms with Gasteiger partial charge in [0.05, 0.1) is 31.4 Å². The molecule has 1 fully saturated rings. The van der Waals surface area contributed by atoms with E-state index in [4.69, 9.17) is 14.1 Å². The van der Waals surface area contributed by atoms with Gasteiger partial charge in [-0.15, -0.1) is 0 Å². The van der Waals surface area contributed by atoms with Gasteiger partial charge in [0.1, 0.15) is 6.10 Å². The monoisotopic (exact) mass is 414 g/mol. The van der Waals surface area contributed by atoms with Gasteiger partial charge < -0.3 is 14.1 Å². The molecule has 1 aromatic carbocycles. The van der Waals surface area contributed by atoms with Crippen LogP contribution in [0.25, 0.3) is 22.4 Å². The van der Waals surface area contributed by atoms with Crippen LogP contribution in [0, 0.1) is 0 Å². The van der Waals surface area contributed by atoms with Gasteiger partial charge >= 0.3 is 0 Å². The summed E-state index contributed by atoms with van der Waals surface area (Å²) < 4.78 is 12.9. The largest absolute Gasteiger partial charge is 0.472 e. The number of hydrogen-bond acceptors (Lipinski definition) is 6. The minimum absolute atomic E-state index is 0.0955. The van der Waals surface area contributed by atoms with Gasteiger partial charge in [0.25, 0.3) is 5.56 Å². The Balaban J connectivity index is 1.46. The van der Waals surface area contributed by atoms with E-state index >= 15 is 0 Å². The third-order valence-corrected chi connectivity index (χ3v) is 5.55. The highest BCUT2D eigenvalue weighted by molar-refractivity contribution is 5.63. The molecule has 4 heterocycles. The molecule has 0 saturated carbocycles. The molecule has 1 saturated heterocycles. The Bertz CT molecular complexity index is 1240. The average molecular weight is 414 g/mol. The van der Waals surface area contributed by atoms with Crippen molar-refractivity contribution in [2.45, 2.75) is 6.10 Å². The summed E-state index contributed by atoms with van der Waals surface area (Å²) in [5.74, 6) is 0.638. The van der Waals surface area contributed by atoms with Crippen LogP contribution < -0.4 is 10.5 Å². The molecule has 0 radical (unpaired) electrons. The van der Waals surface area contributed by atoms with E-state index in [9.17, 15) is 4.79 Å². The Kier molecular flexibility index (Phi) is 5.09. The molecule has 7 nitrogen and oxygen atoms in total. The fourth-order valence-corrected chi connectivity index (χ4v) is 3.86. The lowest BCUT2D eigenvalue weighted by Crippen LogP contribution is -2.41. The number of benzene rings is 1. The number of morpholine rings is 1. The van der Waals surface area contributed by atoms with Crippen molar-refractivity contribution in [1.29, 1.82) is 0 Å². The van der Waals surface area contributed by atoms with Gasteiger partial charge in [-0.3, -0.25) is 14.3 Å². The molecule has 0 bridgehead atoms. The summed E-state index contributed by atoms with van der Waals surface area (Å²) in [6, 6.07) is 15.5. The fraction of sp³-hybridized carbons (Fsp3) is 0.208. The molecular formula is C24H22N4O3. The highest BCUT2D eigenvalue weighted by Gasteiger charge is 2.25. The predicted molar refractivity (Wildman–Crippen MR) is 118 cm³/mol. The van der Waals surface area contributed by atoms with E-state index in [0.29, 0.717) is 31.3 Å². The minimum Gasteiger partial charge on any atom is -0.472 e. The Morgan fingerprint density at radius 1 is 1.03 bits per heavy atom. The van der Waals surface area contributed by atoms with Crippen molar-refractivity contribution in [2.75, 3.05) is 24.6 Å². The first-order valence-corrected chi connectivity index (χ1v) is 10.2. The first kappa shape index (κ1) is 19.3. The number of hydrogen-bond donors (Lipinski definition) is 0. The third-order valence-electron chi connectivity index (χ3n) is 5.55. The molecule has 0 aliphatic carbocycles. The van der Waals surface area contributed by atoms with Gasteiger partial charge in [0.15, 0.2) is 0 Å². The summed E-state index contributed by atoms with van der Waals surface area (Å²) in [6.45, 7) is 1.82. The number of anilines is 1. The topological polar surface area (TPSA) is 73.4 Å². The number of aromatic nitrogens is 3. The molecule has 1 atom stereocenters.